The fraction of sp³-hybridized carbons (Fsp3) is 0.375. The van der Waals surface area contributed by atoms with Gasteiger partial charge in [0.25, 0.3) is 0 Å². The van der Waals surface area contributed by atoms with E-state index < -0.39 is 5.60 Å². The van der Waals surface area contributed by atoms with Gasteiger partial charge in [-0.2, -0.15) is 0 Å². The van der Waals surface area contributed by atoms with E-state index in [0.29, 0.717) is 0 Å². The molecule has 1 saturated carbocycles. The van der Waals surface area contributed by atoms with Gasteiger partial charge in [0.1, 0.15) is 0 Å². The van der Waals surface area contributed by atoms with Crippen LogP contribution in [0.1, 0.15) is 32.3 Å². The molecule has 0 aromatic heterocycles. The van der Waals surface area contributed by atoms with Crippen molar-refractivity contribution in [1.82, 2.24) is 0 Å². The third-order valence-corrected chi connectivity index (χ3v) is 4.49. The van der Waals surface area contributed by atoms with E-state index in [-0.39, 0.29) is 5.41 Å². The maximum absolute atomic E-state index is 10.7. The smallest absolute Gasteiger partial charge is 0.0922 e. The molecule has 0 bridgehead atoms. The van der Waals surface area contributed by atoms with E-state index in [4.69, 9.17) is 0 Å². The van der Waals surface area contributed by atoms with Crippen LogP contribution in [-0.4, -0.2) is 5.11 Å². The van der Waals surface area contributed by atoms with Crippen molar-refractivity contribution in [1.29, 1.82) is 0 Å². The van der Waals surface area contributed by atoms with Gasteiger partial charge in [0.05, 0.1) is 5.60 Å². The molecule has 88 valence electrons. The summed E-state index contributed by atoms with van der Waals surface area (Å²) in [6.45, 7) is 4.12. The summed E-state index contributed by atoms with van der Waals surface area (Å²) in [6, 6.07) is 14.6. The van der Waals surface area contributed by atoms with Crippen molar-refractivity contribution in [2.24, 2.45) is 5.41 Å². The number of hydrogen-bond donors (Lipinski definition) is 1. The summed E-state index contributed by atoms with van der Waals surface area (Å²) in [4.78, 5) is 0. The van der Waals surface area contributed by atoms with E-state index >= 15 is 0 Å². The molecule has 2 aromatic rings. The molecule has 0 amide bonds. The van der Waals surface area contributed by atoms with Gasteiger partial charge in [-0.05, 0) is 42.2 Å². The van der Waals surface area contributed by atoms with Gasteiger partial charge in [-0.25, -0.2) is 0 Å². The lowest BCUT2D eigenvalue weighted by atomic mass is 9.81. The van der Waals surface area contributed by atoms with Crippen molar-refractivity contribution < 1.29 is 5.11 Å². The lowest BCUT2D eigenvalue weighted by Gasteiger charge is -2.31. The zero-order valence-electron chi connectivity index (χ0n) is 10.4. The van der Waals surface area contributed by atoms with Gasteiger partial charge in [0.15, 0.2) is 0 Å². The first kappa shape index (κ1) is 10.8. The van der Waals surface area contributed by atoms with E-state index in [1.165, 1.54) is 10.8 Å². The zero-order valence-corrected chi connectivity index (χ0v) is 10.4. The van der Waals surface area contributed by atoms with Crippen molar-refractivity contribution in [2.75, 3.05) is 0 Å². The molecule has 2 aromatic carbocycles. The Morgan fingerprint density at radius 2 is 1.71 bits per heavy atom. The first-order valence-corrected chi connectivity index (χ1v) is 6.25. The molecule has 0 heterocycles. The monoisotopic (exact) mass is 226 g/mol. The Kier molecular flexibility index (Phi) is 2.11. The first-order chi connectivity index (χ1) is 8.03. The normalized spacial score (nSPS) is 21.1. The first-order valence-electron chi connectivity index (χ1n) is 6.25. The Morgan fingerprint density at radius 3 is 2.35 bits per heavy atom. The van der Waals surface area contributed by atoms with Crippen LogP contribution >= 0.6 is 0 Å². The fourth-order valence-electron chi connectivity index (χ4n) is 2.51. The summed E-state index contributed by atoms with van der Waals surface area (Å²) < 4.78 is 0. The second kappa shape index (κ2) is 3.33. The average molecular weight is 226 g/mol. The van der Waals surface area contributed by atoms with E-state index in [1.807, 2.05) is 19.1 Å². The van der Waals surface area contributed by atoms with Gasteiger partial charge < -0.3 is 5.11 Å². The highest BCUT2D eigenvalue weighted by Gasteiger charge is 2.52. The van der Waals surface area contributed by atoms with Crippen LogP contribution in [-0.2, 0) is 5.60 Å². The number of hydrogen-bond acceptors (Lipinski definition) is 1. The summed E-state index contributed by atoms with van der Waals surface area (Å²) in [6.07, 6.45) is 2.24. The second-order valence-electron chi connectivity index (χ2n) is 5.69. The molecule has 0 spiro atoms. The van der Waals surface area contributed by atoms with E-state index in [0.717, 1.165) is 18.4 Å². The highest BCUT2D eigenvalue weighted by molar-refractivity contribution is 5.83. The SMILES string of the molecule is CC1(C(C)(O)c2ccc3ccccc3c2)CC1. The highest BCUT2D eigenvalue weighted by Crippen LogP contribution is 2.57. The molecule has 0 saturated heterocycles. The van der Waals surface area contributed by atoms with Crippen molar-refractivity contribution >= 4 is 10.8 Å². The molecule has 1 N–H and O–H groups in total. The molecule has 1 heteroatoms. The van der Waals surface area contributed by atoms with Crippen LogP contribution in [0.25, 0.3) is 10.8 Å². The van der Waals surface area contributed by atoms with Crippen LogP contribution in [0.5, 0.6) is 0 Å². The predicted molar refractivity (Wildman–Crippen MR) is 70.9 cm³/mol. The van der Waals surface area contributed by atoms with Crippen molar-refractivity contribution in [3.05, 3.63) is 48.0 Å². The van der Waals surface area contributed by atoms with Gasteiger partial charge in [-0.1, -0.05) is 43.3 Å². The van der Waals surface area contributed by atoms with E-state index in [2.05, 4.69) is 37.3 Å². The lowest BCUT2D eigenvalue weighted by molar-refractivity contribution is -0.0125. The Bertz CT molecular complexity index is 565. The van der Waals surface area contributed by atoms with Crippen LogP contribution < -0.4 is 0 Å². The molecular weight excluding hydrogens is 208 g/mol. The summed E-state index contributed by atoms with van der Waals surface area (Å²) in [5.41, 5.74) is 0.392. The number of aliphatic hydroxyl groups is 1. The minimum absolute atomic E-state index is 0.0649. The molecule has 1 aliphatic carbocycles. The molecule has 1 aliphatic rings. The average Bonchev–Trinajstić information content (AvgIpc) is 3.08. The highest BCUT2D eigenvalue weighted by atomic mass is 16.3. The molecule has 1 fully saturated rings. The molecule has 3 rings (SSSR count). The number of fused-ring (bicyclic) bond motifs is 1. The predicted octanol–water partition coefficient (Wildman–Crippen LogP) is 3.85. The van der Waals surface area contributed by atoms with Crippen LogP contribution in [0, 0.1) is 5.41 Å². The molecule has 0 aliphatic heterocycles. The van der Waals surface area contributed by atoms with Crippen molar-refractivity contribution in [3.63, 3.8) is 0 Å². The van der Waals surface area contributed by atoms with Crippen molar-refractivity contribution in [3.8, 4) is 0 Å². The number of rotatable bonds is 2. The second-order valence-corrected chi connectivity index (χ2v) is 5.69. The van der Waals surface area contributed by atoms with E-state index in [1.54, 1.807) is 0 Å². The third kappa shape index (κ3) is 1.57. The van der Waals surface area contributed by atoms with Crippen molar-refractivity contribution in [2.45, 2.75) is 32.3 Å². The maximum Gasteiger partial charge on any atom is 0.0922 e. The Hall–Kier alpha value is -1.34. The Labute approximate surface area is 102 Å². The van der Waals surface area contributed by atoms with Gasteiger partial charge in [0, 0.05) is 5.41 Å². The van der Waals surface area contributed by atoms with Gasteiger partial charge in [-0.3, -0.25) is 0 Å². The van der Waals surface area contributed by atoms with Crippen LogP contribution in [0.2, 0.25) is 0 Å². The van der Waals surface area contributed by atoms with E-state index in [9.17, 15) is 5.11 Å². The minimum Gasteiger partial charge on any atom is -0.385 e. The zero-order chi connectivity index (χ0) is 12.1. The van der Waals surface area contributed by atoms with Crippen LogP contribution in [0.15, 0.2) is 42.5 Å². The molecule has 0 radical (unpaired) electrons. The fourth-order valence-corrected chi connectivity index (χ4v) is 2.51. The molecule has 1 atom stereocenters. The summed E-state index contributed by atoms with van der Waals surface area (Å²) in [5.74, 6) is 0. The van der Waals surface area contributed by atoms with Crippen LogP contribution in [0.4, 0.5) is 0 Å². The molecule has 1 unspecified atom stereocenters. The molecule has 1 nitrogen and oxygen atoms in total. The quantitative estimate of drug-likeness (QED) is 0.824. The summed E-state index contributed by atoms with van der Waals surface area (Å²) >= 11 is 0. The maximum atomic E-state index is 10.7. The standard InChI is InChI=1S/C16H18O/c1-15(9-10-15)16(2,17)14-8-7-12-5-3-4-6-13(12)11-14/h3-8,11,17H,9-10H2,1-2H3. The summed E-state index contributed by atoms with van der Waals surface area (Å²) in [7, 11) is 0. The Balaban J connectivity index is 2.12. The number of benzene rings is 2. The topological polar surface area (TPSA) is 20.2 Å². The third-order valence-electron chi connectivity index (χ3n) is 4.49. The Morgan fingerprint density at radius 1 is 1.06 bits per heavy atom. The summed E-state index contributed by atoms with van der Waals surface area (Å²) in [5, 5.41) is 13.2. The van der Waals surface area contributed by atoms with Gasteiger partial charge >= 0.3 is 0 Å². The van der Waals surface area contributed by atoms with Gasteiger partial charge in [-0.15, -0.1) is 0 Å². The van der Waals surface area contributed by atoms with Crippen LogP contribution in [0.3, 0.4) is 0 Å². The minimum atomic E-state index is -0.711. The van der Waals surface area contributed by atoms with Gasteiger partial charge in [0.2, 0.25) is 0 Å². The molecular formula is C16H18O. The largest absolute Gasteiger partial charge is 0.385 e. The lowest BCUT2D eigenvalue weighted by Crippen LogP contribution is -2.31. The molecule has 17 heavy (non-hydrogen) atoms.